The second-order valence-electron chi connectivity index (χ2n) is 5.41. The summed E-state index contributed by atoms with van der Waals surface area (Å²) in [4.78, 5) is 23.8. The lowest BCUT2D eigenvalue weighted by molar-refractivity contribution is 0.0489. The van der Waals surface area contributed by atoms with Gasteiger partial charge >= 0.3 is 10.8 Å². The van der Waals surface area contributed by atoms with E-state index in [1.54, 1.807) is 32.2 Å². The van der Waals surface area contributed by atoms with Crippen LogP contribution in [-0.4, -0.2) is 32.1 Å². The number of nitrogens with one attached hydrogen (secondary N) is 1. The summed E-state index contributed by atoms with van der Waals surface area (Å²) >= 11 is 1.09. The van der Waals surface area contributed by atoms with E-state index >= 15 is 0 Å². The lowest BCUT2D eigenvalue weighted by Crippen LogP contribution is -2.24. The van der Waals surface area contributed by atoms with Crippen molar-refractivity contribution in [3.63, 3.8) is 0 Å². The molecule has 0 aliphatic rings. The minimum atomic E-state index is -3.65. The Kier molecular flexibility index (Phi) is 6.15. The Morgan fingerprint density at radius 1 is 1.32 bits per heavy atom. The van der Waals surface area contributed by atoms with E-state index in [0.29, 0.717) is 5.56 Å². The number of aryl methyl sites for hydroxylation is 2. The van der Waals surface area contributed by atoms with Gasteiger partial charge in [-0.1, -0.05) is 24.3 Å². The fourth-order valence-electron chi connectivity index (χ4n) is 2.24. The molecule has 0 fully saturated rings. The van der Waals surface area contributed by atoms with Gasteiger partial charge in [0.1, 0.15) is 6.61 Å². The third-order valence-electron chi connectivity index (χ3n) is 3.60. The first-order valence-corrected chi connectivity index (χ1v) is 10.0. The number of hydrogen-bond donors (Lipinski definition) is 1. The third-order valence-corrected chi connectivity index (χ3v) is 6.02. The van der Waals surface area contributed by atoms with E-state index in [9.17, 15) is 18.0 Å². The van der Waals surface area contributed by atoms with Gasteiger partial charge in [-0.2, -0.15) is 0 Å². The van der Waals surface area contributed by atoms with Gasteiger partial charge in [0.15, 0.2) is 0 Å². The molecule has 2 aromatic rings. The number of rotatable bonds is 7. The van der Waals surface area contributed by atoms with Crippen LogP contribution in [0, 0.1) is 13.8 Å². The van der Waals surface area contributed by atoms with E-state index in [0.717, 1.165) is 17.0 Å². The minimum absolute atomic E-state index is 0.0109. The van der Waals surface area contributed by atoms with Gasteiger partial charge in [-0.05, 0) is 31.5 Å². The van der Waals surface area contributed by atoms with Gasteiger partial charge in [-0.3, -0.25) is 9.36 Å². The van der Waals surface area contributed by atoms with Crippen LogP contribution in [-0.2, 0) is 21.3 Å². The summed E-state index contributed by atoms with van der Waals surface area (Å²) in [6, 6.07) is 4.31. The molecule has 0 amide bonds. The van der Waals surface area contributed by atoms with Crippen molar-refractivity contribution in [3.05, 3.63) is 50.1 Å². The largest absolute Gasteiger partial charge is 0.460 e. The van der Waals surface area contributed by atoms with Gasteiger partial charge in [0, 0.05) is 17.6 Å². The SMILES string of the molecule is CCNS(=O)(=O)c1ccc(C)c(C(=O)OCCn2c(C)csc2=O)c1. The summed E-state index contributed by atoms with van der Waals surface area (Å²) in [6.45, 7) is 5.72. The molecule has 1 heterocycles. The molecule has 0 spiro atoms. The summed E-state index contributed by atoms with van der Waals surface area (Å²) < 4.78 is 33.2. The van der Waals surface area contributed by atoms with E-state index in [2.05, 4.69) is 4.72 Å². The minimum Gasteiger partial charge on any atom is -0.460 e. The Morgan fingerprint density at radius 2 is 2.04 bits per heavy atom. The van der Waals surface area contributed by atoms with E-state index in [1.807, 2.05) is 0 Å². The van der Waals surface area contributed by atoms with Crippen molar-refractivity contribution in [2.24, 2.45) is 0 Å². The molecular weight excluding hydrogens is 364 g/mol. The standard InChI is InChI=1S/C16H20N2O5S2/c1-4-17-25(21,22)13-6-5-11(2)14(9-13)15(19)23-8-7-18-12(3)10-24-16(18)20/h5-6,9-10,17H,4,7-8H2,1-3H3. The number of carbonyl (C=O) groups excluding carboxylic acids is 1. The van der Waals surface area contributed by atoms with Crippen molar-refractivity contribution >= 4 is 27.3 Å². The van der Waals surface area contributed by atoms with Crippen LogP contribution in [0.3, 0.4) is 0 Å². The lowest BCUT2D eigenvalue weighted by Gasteiger charge is -2.10. The highest BCUT2D eigenvalue weighted by Crippen LogP contribution is 2.16. The number of hydrogen-bond acceptors (Lipinski definition) is 6. The predicted octanol–water partition coefficient (Wildman–Crippen LogP) is 1.68. The van der Waals surface area contributed by atoms with Gasteiger partial charge in [-0.25, -0.2) is 17.9 Å². The summed E-state index contributed by atoms with van der Waals surface area (Å²) in [7, 11) is -3.65. The first-order valence-electron chi connectivity index (χ1n) is 7.68. The number of benzene rings is 1. The highest BCUT2D eigenvalue weighted by atomic mass is 32.2. The van der Waals surface area contributed by atoms with E-state index in [4.69, 9.17) is 4.74 Å². The second-order valence-corrected chi connectivity index (χ2v) is 8.00. The van der Waals surface area contributed by atoms with Crippen molar-refractivity contribution in [1.29, 1.82) is 0 Å². The van der Waals surface area contributed by atoms with Crippen molar-refractivity contribution in [3.8, 4) is 0 Å². The van der Waals surface area contributed by atoms with E-state index in [-0.39, 0.29) is 35.0 Å². The number of esters is 1. The molecule has 7 nitrogen and oxygen atoms in total. The fraction of sp³-hybridized carbons (Fsp3) is 0.375. The molecular formula is C16H20N2O5S2. The maximum absolute atomic E-state index is 12.3. The van der Waals surface area contributed by atoms with Crippen LogP contribution in [0.25, 0.3) is 0 Å². The number of nitrogens with zero attached hydrogens (tertiary/aromatic N) is 1. The Hall–Kier alpha value is -1.97. The molecule has 1 N–H and O–H groups in total. The van der Waals surface area contributed by atoms with E-state index < -0.39 is 16.0 Å². The Morgan fingerprint density at radius 3 is 2.64 bits per heavy atom. The third kappa shape index (κ3) is 4.56. The first-order chi connectivity index (χ1) is 11.8. The highest BCUT2D eigenvalue weighted by molar-refractivity contribution is 7.89. The highest BCUT2D eigenvalue weighted by Gasteiger charge is 2.18. The second kappa shape index (κ2) is 7.94. The van der Waals surface area contributed by atoms with Gasteiger partial charge < -0.3 is 4.74 Å². The van der Waals surface area contributed by atoms with Crippen molar-refractivity contribution < 1.29 is 17.9 Å². The van der Waals surface area contributed by atoms with Crippen molar-refractivity contribution in [2.75, 3.05) is 13.2 Å². The zero-order valence-corrected chi connectivity index (χ0v) is 15.9. The molecule has 0 saturated heterocycles. The Labute approximate surface area is 150 Å². The molecule has 0 aliphatic heterocycles. The monoisotopic (exact) mass is 384 g/mol. The number of thiazole rings is 1. The average Bonchev–Trinajstić information content (AvgIpc) is 2.86. The molecule has 1 aromatic heterocycles. The topological polar surface area (TPSA) is 94.5 Å². The summed E-state index contributed by atoms with van der Waals surface area (Å²) in [5.74, 6) is -0.619. The van der Waals surface area contributed by atoms with Crippen molar-refractivity contribution in [1.82, 2.24) is 9.29 Å². The molecule has 0 radical (unpaired) electrons. The molecule has 25 heavy (non-hydrogen) atoms. The van der Waals surface area contributed by atoms with Crippen LogP contribution < -0.4 is 9.60 Å². The molecule has 0 aliphatic carbocycles. The normalized spacial score (nSPS) is 11.5. The first kappa shape index (κ1) is 19.4. The maximum atomic E-state index is 12.3. The molecule has 136 valence electrons. The zero-order valence-electron chi connectivity index (χ0n) is 14.2. The Balaban J connectivity index is 2.12. The average molecular weight is 384 g/mol. The number of sulfonamides is 1. The number of carbonyl (C=O) groups is 1. The van der Waals surface area contributed by atoms with Crippen LogP contribution >= 0.6 is 11.3 Å². The van der Waals surface area contributed by atoms with Gasteiger partial charge in [0.05, 0.1) is 17.0 Å². The van der Waals surface area contributed by atoms with Crippen LogP contribution in [0.15, 0.2) is 33.3 Å². The van der Waals surface area contributed by atoms with Crippen LogP contribution in [0.2, 0.25) is 0 Å². The molecule has 0 unspecified atom stereocenters. The van der Waals surface area contributed by atoms with Crippen LogP contribution in [0.1, 0.15) is 28.5 Å². The number of aromatic nitrogens is 1. The molecule has 0 bridgehead atoms. The van der Waals surface area contributed by atoms with Gasteiger partial charge in [-0.15, -0.1) is 0 Å². The van der Waals surface area contributed by atoms with Crippen LogP contribution in [0.4, 0.5) is 0 Å². The lowest BCUT2D eigenvalue weighted by atomic mass is 10.1. The molecule has 0 saturated carbocycles. The predicted molar refractivity (Wildman–Crippen MR) is 95.6 cm³/mol. The van der Waals surface area contributed by atoms with Gasteiger partial charge in [0.25, 0.3) is 0 Å². The quantitative estimate of drug-likeness (QED) is 0.733. The zero-order chi connectivity index (χ0) is 18.6. The molecule has 9 heteroatoms. The fourth-order valence-corrected chi connectivity index (χ4v) is 4.07. The summed E-state index contributed by atoms with van der Waals surface area (Å²) in [6.07, 6.45) is 0. The summed E-state index contributed by atoms with van der Waals surface area (Å²) in [5.41, 5.74) is 1.61. The molecule has 2 rings (SSSR count). The maximum Gasteiger partial charge on any atom is 0.338 e. The Bertz CT molecular complexity index is 928. The van der Waals surface area contributed by atoms with Crippen LogP contribution in [0.5, 0.6) is 0 Å². The smallest absolute Gasteiger partial charge is 0.338 e. The van der Waals surface area contributed by atoms with Gasteiger partial charge in [0.2, 0.25) is 10.0 Å². The number of ether oxygens (including phenoxy) is 1. The molecule has 1 aromatic carbocycles. The molecule has 0 atom stereocenters. The van der Waals surface area contributed by atoms with E-state index in [1.165, 1.54) is 16.7 Å². The van der Waals surface area contributed by atoms with Crippen molar-refractivity contribution in [2.45, 2.75) is 32.2 Å². The summed E-state index contributed by atoms with van der Waals surface area (Å²) in [5, 5.41) is 1.74.